The van der Waals surface area contributed by atoms with Crippen LogP contribution in [0.5, 0.6) is 0 Å². The predicted molar refractivity (Wildman–Crippen MR) is 58.6 cm³/mol. The SMILES string of the molecule is FCCNc1ccc(Cl)cc1I. The molecular weight excluding hydrogens is 291 g/mol. The lowest BCUT2D eigenvalue weighted by Gasteiger charge is -2.05. The van der Waals surface area contributed by atoms with E-state index in [1.807, 2.05) is 12.1 Å². The van der Waals surface area contributed by atoms with Crippen LogP contribution in [-0.2, 0) is 0 Å². The number of nitrogens with one attached hydrogen (secondary N) is 1. The van der Waals surface area contributed by atoms with E-state index in [-0.39, 0.29) is 6.67 Å². The smallest absolute Gasteiger partial charge is 0.107 e. The van der Waals surface area contributed by atoms with Gasteiger partial charge in [0.15, 0.2) is 0 Å². The molecule has 0 aromatic heterocycles. The fourth-order valence-corrected chi connectivity index (χ4v) is 1.88. The Hall–Kier alpha value is -0.0300. The summed E-state index contributed by atoms with van der Waals surface area (Å²) in [5.41, 5.74) is 0.928. The number of hydrogen-bond acceptors (Lipinski definition) is 1. The lowest BCUT2D eigenvalue weighted by molar-refractivity contribution is 0.512. The van der Waals surface area contributed by atoms with Crippen molar-refractivity contribution in [2.24, 2.45) is 0 Å². The van der Waals surface area contributed by atoms with Gasteiger partial charge in [-0.1, -0.05) is 11.6 Å². The first-order valence-corrected chi connectivity index (χ1v) is 4.94. The molecule has 1 nitrogen and oxygen atoms in total. The van der Waals surface area contributed by atoms with Crippen molar-refractivity contribution in [3.8, 4) is 0 Å². The molecule has 1 aromatic carbocycles. The van der Waals surface area contributed by atoms with Crippen molar-refractivity contribution < 1.29 is 4.39 Å². The van der Waals surface area contributed by atoms with Crippen molar-refractivity contribution in [1.29, 1.82) is 0 Å². The van der Waals surface area contributed by atoms with Gasteiger partial charge in [0.05, 0.1) is 0 Å². The predicted octanol–water partition coefficient (Wildman–Crippen LogP) is 3.33. The van der Waals surface area contributed by atoms with Crippen LogP contribution < -0.4 is 5.32 Å². The first-order valence-electron chi connectivity index (χ1n) is 3.49. The molecule has 0 fully saturated rings. The second kappa shape index (κ2) is 4.87. The van der Waals surface area contributed by atoms with Gasteiger partial charge in [-0.05, 0) is 40.8 Å². The summed E-state index contributed by atoms with van der Waals surface area (Å²) in [7, 11) is 0. The molecular formula is C8H8ClFIN. The molecule has 0 saturated heterocycles. The van der Waals surface area contributed by atoms with Crippen LogP contribution >= 0.6 is 34.2 Å². The van der Waals surface area contributed by atoms with Crippen LogP contribution in [0.3, 0.4) is 0 Å². The lowest BCUT2D eigenvalue weighted by Crippen LogP contribution is -2.03. The van der Waals surface area contributed by atoms with E-state index in [1.165, 1.54) is 0 Å². The molecule has 0 radical (unpaired) electrons. The number of hydrogen-bond donors (Lipinski definition) is 1. The average Bonchev–Trinajstić information content (AvgIpc) is 2.03. The number of anilines is 1. The molecule has 0 saturated carbocycles. The van der Waals surface area contributed by atoms with Gasteiger partial charge in [0.1, 0.15) is 6.67 Å². The molecule has 0 unspecified atom stereocenters. The normalized spacial score (nSPS) is 9.92. The monoisotopic (exact) mass is 299 g/mol. The van der Waals surface area contributed by atoms with E-state index in [9.17, 15) is 4.39 Å². The van der Waals surface area contributed by atoms with Crippen molar-refractivity contribution in [2.75, 3.05) is 18.5 Å². The summed E-state index contributed by atoms with van der Waals surface area (Å²) >= 11 is 7.90. The highest BCUT2D eigenvalue weighted by Crippen LogP contribution is 2.21. The molecule has 0 atom stereocenters. The van der Waals surface area contributed by atoms with Crippen LogP contribution in [0, 0.1) is 3.57 Å². The maximum absolute atomic E-state index is 11.8. The van der Waals surface area contributed by atoms with E-state index in [2.05, 4.69) is 27.9 Å². The molecule has 4 heteroatoms. The average molecular weight is 300 g/mol. The van der Waals surface area contributed by atoms with Gasteiger partial charge in [-0.25, -0.2) is 4.39 Å². The summed E-state index contributed by atoms with van der Waals surface area (Å²) in [6.45, 7) is -0.0175. The third-order valence-electron chi connectivity index (χ3n) is 1.34. The molecule has 0 heterocycles. The fraction of sp³-hybridized carbons (Fsp3) is 0.250. The first kappa shape index (κ1) is 10.1. The van der Waals surface area contributed by atoms with E-state index in [0.717, 1.165) is 9.26 Å². The van der Waals surface area contributed by atoms with Gasteiger partial charge in [-0.3, -0.25) is 0 Å². The molecule has 1 aromatic rings. The van der Waals surface area contributed by atoms with Gasteiger partial charge in [0, 0.05) is 20.8 Å². The molecule has 1 rings (SSSR count). The molecule has 0 aliphatic carbocycles. The maximum Gasteiger partial charge on any atom is 0.107 e. The Balaban J connectivity index is 2.72. The van der Waals surface area contributed by atoms with Gasteiger partial charge in [-0.15, -0.1) is 0 Å². The molecule has 0 spiro atoms. The minimum atomic E-state index is -0.362. The van der Waals surface area contributed by atoms with Crippen LogP contribution in [0.25, 0.3) is 0 Å². The zero-order chi connectivity index (χ0) is 8.97. The van der Waals surface area contributed by atoms with Gasteiger partial charge in [-0.2, -0.15) is 0 Å². The highest BCUT2D eigenvalue weighted by molar-refractivity contribution is 14.1. The number of rotatable bonds is 3. The van der Waals surface area contributed by atoms with Gasteiger partial charge >= 0.3 is 0 Å². The number of halogens is 3. The number of alkyl halides is 1. The summed E-state index contributed by atoms with van der Waals surface area (Å²) in [5, 5.41) is 3.65. The van der Waals surface area contributed by atoms with E-state index < -0.39 is 0 Å². The van der Waals surface area contributed by atoms with E-state index >= 15 is 0 Å². The summed E-state index contributed by atoms with van der Waals surface area (Å²) < 4.78 is 12.8. The molecule has 1 N–H and O–H groups in total. The highest BCUT2D eigenvalue weighted by atomic mass is 127. The summed E-state index contributed by atoms with van der Waals surface area (Å²) in [4.78, 5) is 0. The Morgan fingerprint density at radius 3 is 2.83 bits per heavy atom. The van der Waals surface area contributed by atoms with Crippen molar-refractivity contribution in [2.45, 2.75) is 0 Å². The topological polar surface area (TPSA) is 12.0 Å². The second-order valence-electron chi connectivity index (χ2n) is 2.24. The third-order valence-corrected chi connectivity index (χ3v) is 2.47. The first-order chi connectivity index (χ1) is 5.74. The Kier molecular flexibility index (Phi) is 4.08. The van der Waals surface area contributed by atoms with Crippen molar-refractivity contribution >= 4 is 39.9 Å². The van der Waals surface area contributed by atoms with Crippen LogP contribution in [0.2, 0.25) is 5.02 Å². The molecule has 0 bridgehead atoms. The van der Waals surface area contributed by atoms with E-state index in [4.69, 9.17) is 11.6 Å². The molecule has 0 aliphatic rings. The zero-order valence-electron chi connectivity index (χ0n) is 6.28. The van der Waals surface area contributed by atoms with Crippen LogP contribution in [0.1, 0.15) is 0 Å². The van der Waals surface area contributed by atoms with Crippen molar-refractivity contribution in [3.05, 3.63) is 26.8 Å². The highest BCUT2D eigenvalue weighted by Gasteiger charge is 1.98. The largest absolute Gasteiger partial charge is 0.382 e. The Morgan fingerprint density at radius 1 is 1.50 bits per heavy atom. The minimum absolute atomic E-state index is 0.345. The third kappa shape index (κ3) is 2.79. The zero-order valence-corrected chi connectivity index (χ0v) is 9.19. The van der Waals surface area contributed by atoms with E-state index in [1.54, 1.807) is 6.07 Å². The number of benzene rings is 1. The van der Waals surface area contributed by atoms with Crippen LogP contribution in [-0.4, -0.2) is 13.2 Å². The Morgan fingerprint density at radius 2 is 2.25 bits per heavy atom. The quantitative estimate of drug-likeness (QED) is 0.844. The molecule has 66 valence electrons. The van der Waals surface area contributed by atoms with Crippen molar-refractivity contribution in [1.82, 2.24) is 0 Å². The van der Waals surface area contributed by atoms with Crippen LogP contribution in [0.4, 0.5) is 10.1 Å². The second-order valence-corrected chi connectivity index (χ2v) is 3.84. The molecule has 0 aliphatic heterocycles. The lowest BCUT2D eigenvalue weighted by atomic mass is 10.3. The maximum atomic E-state index is 11.8. The van der Waals surface area contributed by atoms with Crippen LogP contribution in [0.15, 0.2) is 18.2 Å². The Bertz CT molecular complexity index is 267. The van der Waals surface area contributed by atoms with E-state index in [0.29, 0.717) is 11.6 Å². The van der Waals surface area contributed by atoms with Crippen molar-refractivity contribution in [3.63, 3.8) is 0 Å². The molecule has 0 amide bonds. The fourth-order valence-electron chi connectivity index (χ4n) is 0.815. The van der Waals surface area contributed by atoms with Gasteiger partial charge in [0.25, 0.3) is 0 Å². The summed E-state index contributed by atoms with van der Waals surface area (Å²) in [5.74, 6) is 0. The standard InChI is InChI=1S/C8H8ClFIN/c9-6-1-2-8(7(11)5-6)12-4-3-10/h1-2,5,12H,3-4H2. The minimum Gasteiger partial charge on any atom is -0.382 e. The Labute approximate surface area is 89.4 Å². The van der Waals surface area contributed by atoms with Gasteiger partial charge in [0.2, 0.25) is 0 Å². The van der Waals surface area contributed by atoms with Gasteiger partial charge < -0.3 is 5.32 Å². The molecule has 12 heavy (non-hydrogen) atoms. The summed E-state index contributed by atoms with van der Waals surface area (Å²) in [6.07, 6.45) is 0. The summed E-state index contributed by atoms with van der Waals surface area (Å²) in [6, 6.07) is 5.47.